The van der Waals surface area contributed by atoms with E-state index in [0.717, 1.165) is 12.1 Å². The van der Waals surface area contributed by atoms with E-state index in [9.17, 15) is 13.6 Å². The van der Waals surface area contributed by atoms with Gasteiger partial charge in [0.1, 0.15) is 17.7 Å². The lowest BCUT2D eigenvalue weighted by atomic mass is 9.97. The first kappa shape index (κ1) is 18.8. The number of fused-ring (bicyclic) bond motifs is 1. The summed E-state index contributed by atoms with van der Waals surface area (Å²) < 4.78 is 34.2. The largest absolute Gasteiger partial charge is 0.378 e. The van der Waals surface area contributed by atoms with Crippen LogP contribution < -0.4 is 10.6 Å². The Hall–Kier alpha value is -3.57. The molecule has 0 atom stereocenters. The zero-order chi connectivity index (χ0) is 20.5. The molecule has 0 bridgehead atoms. The minimum atomic E-state index is -0.824. The molecule has 0 radical (unpaired) electrons. The lowest BCUT2D eigenvalue weighted by molar-refractivity contribution is 0.0998. The van der Waals surface area contributed by atoms with Crippen molar-refractivity contribution in [3.63, 3.8) is 0 Å². The molecule has 1 aliphatic heterocycles. The summed E-state index contributed by atoms with van der Waals surface area (Å²) in [5.41, 5.74) is 6.64. The number of nitriles is 1. The van der Waals surface area contributed by atoms with Gasteiger partial charge in [-0.1, -0.05) is 18.2 Å². The van der Waals surface area contributed by atoms with Gasteiger partial charge in [0.05, 0.1) is 35.5 Å². The van der Waals surface area contributed by atoms with E-state index in [1.807, 2.05) is 4.90 Å². The van der Waals surface area contributed by atoms with Gasteiger partial charge in [-0.05, 0) is 12.1 Å². The van der Waals surface area contributed by atoms with E-state index < -0.39 is 17.5 Å². The number of rotatable bonds is 3. The fourth-order valence-electron chi connectivity index (χ4n) is 3.60. The van der Waals surface area contributed by atoms with Crippen molar-refractivity contribution in [1.29, 1.82) is 5.26 Å². The maximum absolute atomic E-state index is 14.8. The average Bonchev–Trinajstić information content (AvgIpc) is 2.74. The molecule has 6 nitrogen and oxygen atoms in total. The van der Waals surface area contributed by atoms with Crippen LogP contribution in [0.4, 0.5) is 14.5 Å². The zero-order valence-corrected chi connectivity index (χ0v) is 15.3. The summed E-state index contributed by atoms with van der Waals surface area (Å²) in [7, 11) is 0. The number of pyridine rings is 1. The standard InChI is InChI=1S/C21H16F2N4O2/c22-13-8-12(10-24)18(23)16(9-13)14-2-1-3-15-19(14)26-11-17(21(25)28)20(15)27-4-6-29-7-5-27/h1-3,8-9,11H,4-7H2,(H2,25,28). The molecule has 146 valence electrons. The number of benzene rings is 2. The normalized spacial score (nSPS) is 14.0. The maximum atomic E-state index is 14.8. The number of primary amides is 1. The van der Waals surface area contributed by atoms with Gasteiger partial charge < -0.3 is 15.4 Å². The highest BCUT2D eigenvalue weighted by molar-refractivity contribution is 6.09. The summed E-state index contributed by atoms with van der Waals surface area (Å²) in [4.78, 5) is 18.3. The van der Waals surface area contributed by atoms with Crippen LogP contribution in [0, 0.1) is 23.0 Å². The summed E-state index contributed by atoms with van der Waals surface area (Å²) in [6.45, 7) is 2.09. The Morgan fingerprint density at radius 1 is 1.21 bits per heavy atom. The molecule has 1 aromatic heterocycles. The number of ether oxygens (including phenoxy) is 1. The van der Waals surface area contributed by atoms with Crippen molar-refractivity contribution in [2.45, 2.75) is 0 Å². The van der Waals surface area contributed by atoms with Crippen LogP contribution in [0.2, 0.25) is 0 Å². The second-order valence-electron chi connectivity index (χ2n) is 6.61. The predicted molar refractivity (Wildman–Crippen MR) is 103 cm³/mol. The van der Waals surface area contributed by atoms with Crippen molar-refractivity contribution >= 4 is 22.5 Å². The highest BCUT2D eigenvalue weighted by Gasteiger charge is 2.23. The Labute approximate surface area is 165 Å². The number of carbonyl (C=O) groups excluding carboxylic acids is 1. The van der Waals surface area contributed by atoms with Crippen LogP contribution in [0.3, 0.4) is 0 Å². The fraction of sp³-hybridized carbons (Fsp3) is 0.190. The van der Waals surface area contributed by atoms with Crippen LogP contribution in [-0.2, 0) is 4.74 Å². The van der Waals surface area contributed by atoms with Gasteiger partial charge in [-0.2, -0.15) is 5.26 Å². The Morgan fingerprint density at radius 3 is 2.66 bits per heavy atom. The number of aromatic nitrogens is 1. The first-order chi connectivity index (χ1) is 14.0. The predicted octanol–water partition coefficient (Wildman–Crippen LogP) is 2.99. The van der Waals surface area contributed by atoms with E-state index in [4.69, 9.17) is 15.7 Å². The Balaban J connectivity index is 2.01. The molecular weight excluding hydrogens is 378 g/mol. The Bertz CT molecular complexity index is 1170. The number of halogens is 2. The molecule has 1 amide bonds. The summed E-state index contributed by atoms with van der Waals surface area (Å²) >= 11 is 0. The van der Waals surface area contributed by atoms with Crippen molar-refractivity contribution in [2.24, 2.45) is 5.73 Å². The third-order valence-corrected chi connectivity index (χ3v) is 4.91. The van der Waals surface area contributed by atoms with Crippen molar-refractivity contribution in [1.82, 2.24) is 4.98 Å². The van der Waals surface area contributed by atoms with Gasteiger partial charge in [0, 0.05) is 35.8 Å². The van der Waals surface area contributed by atoms with Crippen molar-refractivity contribution in [3.8, 4) is 17.2 Å². The van der Waals surface area contributed by atoms with E-state index in [1.165, 1.54) is 6.20 Å². The van der Waals surface area contributed by atoms with Crippen LogP contribution in [0.1, 0.15) is 15.9 Å². The number of nitrogens with two attached hydrogens (primary N) is 1. The van der Waals surface area contributed by atoms with Gasteiger partial charge in [-0.25, -0.2) is 8.78 Å². The minimum absolute atomic E-state index is 0.0700. The van der Waals surface area contributed by atoms with Crippen molar-refractivity contribution < 1.29 is 18.3 Å². The number of morpholine rings is 1. The highest BCUT2D eigenvalue weighted by atomic mass is 19.1. The smallest absolute Gasteiger partial charge is 0.252 e. The summed E-state index contributed by atoms with van der Waals surface area (Å²) in [5.74, 6) is -2.18. The van der Waals surface area contributed by atoms with Gasteiger partial charge in [0.2, 0.25) is 0 Å². The quantitative estimate of drug-likeness (QED) is 0.737. The number of nitrogens with zero attached hydrogens (tertiary/aromatic N) is 3. The maximum Gasteiger partial charge on any atom is 0.252 e. The van der Waals surface area contributed by atoms with Gasteiger partial charge in [-0.3, -0.25) is 9.78 Å². The third-order valence-electron chi connectivity index (χ3n) is 4.91. The molecule has 8 heteroatoms. The van der Waals surface area contributed by atoms with Crippen molar-refractivity contribution in [3.05, 3.63) is 59.3 Å². The van der Waals surface area contributed by atoms with Crippen molar-refractivity contribution in [2.75, 3.05) is 31.2 Å². The topological polar surface area (TPSA) is 92.2 Å². The SMILES string of the molecule is N#Cc1cc(F)cc(-c2cccc3c(N4CCOCC4)c(C(N)=O)cnc23)c1F. The van der Waals surface area contributed by atoms with Crippen LogP contribution in [0.15, 0.2) is 36.5 Å². The van der Waals surface area contributed by atoms with Crippen LogP contribution in [0.5, 0.6) is 0 Å². The average molecular weight is 394 g/mol. The number of hydrogen-bond donors (Lipinski definition) is 1. The summed E-state index contributed by atoms with van der Waals surface area (Å²) in [5, 5.41) is 9.68. The first-order valence-electron chi connectivity index (χ1n) is 8.95. The summed E-state index contributed by atoms with van der Waals surface area (Å²) in [6.07, 6.45) is 1.35. The molecule has 2 N–H and O–H groups in total. The third kappa shape index (κ3) is 3.26. The van der Waals surface area contributed by atoms with E-state index in [-0.39, 0.29) is 16.7 Å². The van der Waals surface area contributed by atoms with E-state index in [0.29, 0.717) is 48.5 Å². The number of amides is 1. The molecule has 1 fully saturated rings. The van der Waals surface area contributed by atoms with Gasteiger partial charge in [0.15, 0.2) is 0 Å². The lowest BCUT2D eigenvalue weighted by Gasteiger charge is -2.31. The fourth-order valence-corrected chi connectivity index (χ4v) is 3.60. The number of anilines is 1. The molecule has 1 saturated heterocycles. The monoisotopic (exact) mass is 394 g/mol. The van der Waals surface area contributed by atoms with E-state index in [2.05, 4.69) is 4.98 Å². The highest BCUT2D eigenvalue weighted by Crippen LogP contribution is 2.37. The minimum Gasteiger partial charge on any atom is -0.378 e. The lowest BCUT2D eigenvalue weighted by Crippen LogP contribution is -2.37. The van der Waals surface area contributed by atoms with Crippen LogP contribution >= 0.6 is 0 Å². The number of hydrogen-bond acceptors (Lipinski definition) is 5. The molecule has 2 heterocycles. The Kier molecular flexibility index (Phi) is 4.82. The second kappa shape index (κ2) is 7.45. The van der Waals surface area contributed by atoms with Gasteiger partial charge in [-0.15, -0.1) is 0 Å². The molecule has 2 aromatic carbocycles. The second-order valence-corrected chi connectivity index (χ2v) is 6.61. The molecule has 0 aliphatic carbocycles. The molecule has 4 rings (SSSR count). The molecular formula is C21H16F2N4O2. The molecule has 0 spiro atoms. The van der Waals surface area contributed by atoms with Gasteiger partial charge >= 0.3 is 0 Å². The van der Waals surface area contributed by atoms with Crippen LogP contribution in [-0.4, -0.2) is 37.2 Å². The molecule has 0 unspecified atom stereocenters. The molecule has 29 heavy (non-hydrogen) atoms. The van der Waals surface area contributed by atoms with Crippen LogP contribution in [0.25, 0.3) is 22.0 Å². The summed E-state index contributed by atoms with van der Waals surface area (Å²) in [6, 6.07) is 8.57. The number of carbonyl (C=O) groups is 1. The Morgan fingerprint density at radius 2 is 1.97 bits per heavy atom. The number of para-hydroxylation sites is 1. The molecule has 1 aliphatic rings. The van der Waals surface area contributed by atoms with E-state index >= 15 is 0 Å². The molecule has 3 aromatic rings. The molecule has 0 saturated carbocycles. The van der Waals surface area contributed by atoms with E-state index in [1.54, 1.807) is 24.3 Å². The van der Waals surface area contributed by atoms with Gasteiger partial charge in [0.25, 0.3) is 5.91 Å². The first-order valence-corrected chi connectivity index (χ1v) is 8.95. The zero-order valence-electron chi connectivity index (χ0n) is 15.3.